The molecule has 1 unspecified atom stereocenters. The van der Waals surface area contributed by atoms with Crippen LogP contribution in [0, 0.1) is 5.82 Å². The maximum Gasteiger partial charge on any atom is 0.275 e. The van der Waals surface area contributed by atoms with Crippen LogP contribution in [0.25, 0.3) is 11.5 Å². The Kier molecular flexibility index (Phi) is 6.61. The molecule has 32 heavy (non-hydrogen) atoms. The molecule has 0 spiro atoms. The number of nitrogens with zero attached hydrogens (tertiary/aromatic N) is 2. The SMILES string of the molecule is O=C(Cc1ccccc1F)NCc1ccc(-c2nc(C(=O)N3CCCC(O)C3)co2)cc1. The predicted octanol–water partition coefficient (Wildman–Crippen LogP) is 2.94. The van der Waals surface area contributed by atoms with E-state index in [0.717, 1.165) is 12.0 Å². The summed E-state index contributed by atoms with van der Waals surface area (Å²) in [6.07, 6.45) is 2.26. The molecule has 7 nitrogen and oxygen atoms in total. The molecule has 1 saturated heterocycles. The lowest BCUT2D eigenvalue weighted by atomic mass is 10.1. The summed E-state index contributed by atoms with van der Waals surface area (Å²) < 4.78 is 19.1. The van der Waals surface area contributed by atoms with Crippen molar-refractivity contribution < 1.29 is 23.5 Å². The summed E-state index contributed by atoms with van der Waals surface area (Å²) in [4.78, 5) is 30.5. The number of amides is 2. The monoisotopic (exact) mass is 437 g/mol. The van der Waals surface area contributed by atoms with Gasteiger partial charge in [0.25, 0.3) is 5.91 Å². The second-order valence-electron chi connectivity index (χ2n) is 7.83. The Morgan fingerprint density at radius 3 is 2.72 bits per heavy atom. The summed E-state index contributed by atoms with van der Waals surface area (Å²) in [6.45, 7) is 1.20. The standard InChI is InChI=1S/C24H24FN3O4/c25-20-6-2-1-4-18(20)12-22(30)26-13-16-7-9-17(10-8-16)23-27-21(15-32-23)24(31)28-11-3-5-19(29)14-28/h1-2,4,6-10,15,19,29H,3,5,11-14H2,(H,26,30). The quantitative estimate of drug-likeness (QED) is 0.618. The molecule has 4 rings (SSSR count). The van der Waals surface area contributed by atoms with Gasteiger partial charge in [0.05, 0.1) is 12.5 Å². The number of aromatic nitrogens is 1. The van der Waals surface area contributed by atoms with Crippen molar-refractivity contribution in [1.29, 1.82) is 0 Å². The number of oxazole rings is 1. The van der Waals surface area contributed by atoms with Crippen molar-refractivity contribution in [1.82, 2.24) is 15.2 Å². The molecule has 8 heteroatoms. The Hall–Kier alpha value is -3.52. The smallest absolute Gasteiger partial charge is 0.275 e. The lowest BCUT2D eigenvalue weighted by molar-refractivity contribution is -0.120. The van der Waals surface area contributed by atoms with E-state index < -0.39 is 11.9 Å². The largest absolute Gasteiger partial charge is 0.444 e. The average Bonchev–Trinajstić information content (AvgIpc) is 3.29. The number of halogens is 1. The summed E-state index contributed by atoms with van der Waals surface area (Å²) in [6, 6.07) is 13.4. The number of likely N-dealkylation sites (tertiary alicyclic amines) is 1. The minimum Gasteiger partial charge on any atom is -0.444 e. The molecule has 0 aliphatic carbocycles. The van der Waals surface area contributed by atoms with Gasteiger partial charge in [0, 0.05) is 25.2 Å². The Balaban J connectivity index is 1.33. The van der Waals surface area contributed by atoms with Crippen LogP contribution in [0.5, 0.6) is 0 Å². The van der Waals surface area contributed by atoms with Crippen LogP contribution >= 0.6 is 0 Å². The number of aliphatic hydroxyl groups is 1. The van der Waals surface area contributed by atoms with Crippen molar-refractivity contribution >= 4 is 11.8 Å². The molecule has 1 aliphatic heterocycles. The fourth-order valence-corrected chi connectivity index (χ4v) is 3.65. The van der Waals surface area contributed by atoms with Crippen LogP contribution in [0.2, 0.25) is 0 Å². The first kappa shape index (κ1) is 21.7. The van der Waals surface area contributed by atoms with Gasteiger partial charge < -0.3 is 19.7 Å². The van der Waals surface area contributed by atoms with E-state index in [-0.39, 0.29) is 23.9 Å². The van der Waals surface area contributed by atoms with E-state index in [1.54, 1.807) is 35.2 Å². The third-order valence-corrected chi connectivity index (χ3v) is 5.41. The maximum absolute atomic E-state index is 13.7. The maximum atomic E-state index is 13.7. The second-order valence-corrected chi connectivity index (χ2v) is 7.83. The van der Waals surface area contributed by atoms with Gasteiger partial charge in [-0.2, -0.15) is 0 Å². The highest BCUT2D eigenvalue weighted by molar-refractivity contribution is 5.92. The van der Waals surface area contributed by atoms with Crippen molar-refractivity contribution in [2.45, 2.75) is 31.9 Å². The number of hydrogen-bond donors (Lipinski definition) is 2. The van der Waals surface area contributed by atoms with Crippen LogP contribution in [0.4, 0.5) is 4.39 Å². The van der Waals surface area contributed by atoms with Crippen molar-refractivity contribution in [3.05, 3.63) is 77.4 Å². The first-order valence-corrected chi connectivity index (χ1v) is 10.5. The first-order chi connectivity index (χ1) is 15.5. The molecule has 1 aliphatic rings. The molecule has 0 saturated carbocycles. The van der Waals surface area contributed by atoms with E-state index in [1.807, 2.05) is 12.1 Å². The van der Waals surface area contributed by atoms with E-state index in [1.165, 1.54) is 12.3 Å². The number of rotatable bonds is 6. The zero-order valence-corrected chi connectivity index (χ0v) is 17.5. The van der Waals surface area contributed by atoms with Crippen LogP contribution in [0.3, 0.4) is 0 Å². The fourth-order valence-electron chi connectivity index (χ4n) is 3.65. The highest BCUT2D eigenvalue weighted by Crippen LogP contribution is 2.21. The second kappa shape index (κ2) is 9.74. The minimum absolute atomic E-state index is 0.0219. The van der Waals surface area contributed by atoms with Crippen LogP contribution in [-0.2, 0) is 17.8 Å². The number of nitrogens with one attached hydrogen (secondary N) is 1. The van der Waals surface area contributed by atoms with Gasteiger partial charge in [0.1, 0.15) is 12.1 Å². The fraction of sp³-hybridized carbons (Fsp3) is 0.292. The average molecular weight is 437 g/mol. The van der Waals surface area contributed by atoms with Crippen molar-refractivity contribution in [2.24, 2.45) is 0 Å². The molecule has 3 aromatic rings. The van der Waals surface area contributed by atoms with Gasteiger partial charge >= 0.3 is 0 Å². The highest BCUT2D eigenvalue weighted by atomic mass is 19.1. The van der Waals surface area contributed by atoms with Gasteiger partial charge in [0.15, 0.2) is 5.69 Å². The Labute approximate surface area is 184 Å². The van der Waals surface area contributed by atoms with Gasteiger partial charge in [-0.05, 0) is 42.2 Å². The minimum atomic E-state index is -0.501. The molecule has 2 amide bonds. The van der Waals surface area contributed by atoms with E-state index in [9.17, 15) is 19.1 Å². The Morgan fingerprint density at radius 2 is 1.97 bits per heavy atom. The Morgan fingerprint density at radius 1 is 1.19 bits per heavy atom. The number of benzene rings is 2. The predicted molar refractivity (Wildman–Crippen MR) is 115 cm³/mol. The zero-order valence-electron chi connectivity index (χ0n) is 17.5. The molecule has 2 heterocycles. The number of β-amino-alcohol motifs (C(OH)–C–C–N with tert-alkyl or cyclic N) is 1. The van der Waals surface area contributed by atoms with Gasteiger partial charge in [-0.1, -0.05) is 30.3 Å². The highest BCUT2D eigenvalue weighted by Gasteiger charge is 2.25. The molecule has 2 aromatic carbocycles. The molecule has 2 N–H and O–H groups in total. The summed E-state index contributed by atoms with van der Waals surface area (Å²) in [5, 5.41) is 12.5. The lowest BCUT2D eigenvalue weighted by Crippen LogP contribution is -2.42. The number of carbonyl (C=O) groups excluding carboxylic acids is 2. The van der Waals surface area contributed by atoms with Crippen molar-refractivity contribution in [3.8, 4) is 11.5 Å². The first-order valence-electron chi connectivity index (χ1n) is 10.5. The Bertz CT molecular complexity index is 1100. The van der Waals surface area contributed by atoms with Crippen molar-refractivity contribution in [2.75, 3.05) is 13.1 Å². The normalized spacial score (nSPS) is 16.1. The number of aliphatic hydroxyl groups excluding tert-OH is 1. The molecule has 166 valence electrons. The molecule has 0 radical (unpaired) electrons. The van der Waals surface area contributed by atoms with Gasteiger partial charge in [-0.15, -0.1) is 0 Å². The number of piperidine rings is 1. The molecule has 1 aromatic heterocycles. The van der Waals surface area contributed by atoms with Crippen LogP contribution in [0.15, 0.2) is 59.2 Å². The van der Waals surface area contributed by atoms with E-state index in [0.29, 0.717) is 43.1 Å². The van der Waals surface area contributed by atoms with Crippen LogP contribution < -0.4 is 5.32 Å². The van der Waals surface area contributed by atoms with Crippen molar-refractivity contribution in [3.63, 3.8) is 0 Å². The number of hydrogen-bond acceptors (Lipinski definition) is 5. The van der Waals surface area contributed by atoms with Crippen LogP contribution in [-0.4, -0.2) is 46.0 Å². The summed E-state index contributed by atoms with van der Waals surface area (Å²) >= 11 is 0. The van der Waals surface area contributed by atoms with Gasteiger partial charge in [0.2, 0.25) is 11.8 Å². The summed E-state index contributed by atoms with van der Waals surface area (Å²) in [5.74, 6) is -0.598. The van der Waals surface area contributed by atoms with E-state index >= 15 is 0 Å². The molecular weight excluding hydrogens is 413 g/mol. The lowest BCUT2D eigenvalue weighted by Gasteiger charge is -2.29. The van der Waals surface area contributed by atoms with Gasteiger partial charge in [-0.25, -0.2) is 9.37 Å². The molecular formula is C24H24FN3O4. The topological polar surface area (TPSA) is 95.7 Å². The number of carbonyl (C=O) groups is 2. The molecule has 0 bridgehead atoms. The van der Waals surface area contributed by atoms with E-state index in [4.69, 9.17) is 4.42 Å². The molecule has 1 atom stereocenters. The van der Waals surface area contributed by atoms with Crippen LogP contribution in [0.1, 0.15) is 34.5 Å². The third kappa shape index (κ3) is 5.20. The zero-order chi connectivity index (χ0) is 22.5. The summed E-state index contributed by atoms with van der Waals surface area (Å²) in [5.41, 5.74) is 2.12. The summed E-state index contributed by atoms with van der Waals surface area (Å²) in [7, 11) is 0. The molecule has 1 fully saturated rings. The third-order valence-electron chi connectivity index (χ3n) is 5.41. The van der Waals surface area contributed by atoms with E-state index in [2.05, 4.69) is 10.3 Å². The van der Waals surface area contributed by atoms with Gasteiger partial charge in [-0.3, -0.25) is 9.59 Å².